The molecule has 1 N–H and O–H groups in total. The van der Waals surface area contributed by atoms with Gasteiger partial charge in [0.15, 0.2) is 5.11 Å². The summed E-state index contributed by atoms with van der Waals surface area (Å²) in [4.78, 5) is 7.22. The monoisotopic (exact) mass is 444 g/mol. The van der Waals surface area contributed by atoms with Crippen LogP contribution in [-0.4, -0.2) is 25.6 Å². The molecule has 1 saturated heterocycles. The van der Waals surface area contributed by atoms with Crippen LogP contribution in [0.5, 0.6) is 0 Å². The van der Waals surface area contributed by atoms with Crippen molar-refractivity contribution in [1.29, 1.82) is 0 Å². The number of hydrogen-bond donors (Lipinski definition) is 1. The molecule has 3 aromatic rings. The SMILES string of the molecule is Cc1ccc(C)c(-n2c(C)cc([C@@H]3[C@H](c4ccccn4)NC(=S)N3C3CCCC3)c2C)c1. The topological polar surface area (TPSA) is 33.1 Å². The maximum absolute atomic E-state index is 5.93. The Bertz CT molecular complexity index is 1140. The summed E-state index contributed by atoms with van der Waals surface area (Å²) in [5.74, 6) is 0. The lowest BCUT2D eigenvalue weighted by molar-refractivity contribution is 0.245. The van der Waals surface area contributed by atoms with Gasteiger partial charge in [0.1, 0.15) is 0 Å². The number of aryl methyl sites for hydroxylation is 3. The molecule has 166 valence electrons. The molecule has 0 amide bonds. The third-order valence-electron chi connectivity index (χ3n) is 7.25. The van der Waals surface area contributed by atoms with Crippen LogP contribution in [0.2, 0.25) is 0 Å². The second-order valence-corrected chi connectivity index (χ2v) is 9.81. The van der Waals surface area contributed by atoms with Gasteiger partial charge < -0.3 is 14.8 Å². The summed E-state index contributed by atoms with van der Waals surface area (Å²) in [5.41, 5.74) is 8.78. The minimum Gasteiger partial charge on any atom is -0.352 e. The Morgan fingerprint density at radius 3 is 2.50 bits per heavy atom. The standard InChI is InChI=1S/C27H32N4S/c1-17-12-13-18(2)24(15-17)30-19(3)16-22(20(30)4)26-25(23-11-7-8-14-28-23)29-27(32)31(26)21-9-5-6-10-21/h7-8,11-16,21,25-26H,5-6,9-10H2,1-4H3,(H,29,32)/t25-,26+/m0/s1. The molecule has 1 saturated carbocycles. The Labute approximate surface area is 196 Å². The third-order valence-corrected chi connectivity index (χ3v) is 7.58. The normalized spacial score (nSPS) is 21.4. The van der Waals surface area contributed by atoms with Crippen molar-refractivity contribution >= 4 is 17.3 Å². The zero-order valence-electron chi connectivity index (χ0n) is 19.4. The van der Waals surface area contributed by atoms with E-state index in [1.54, 1.807) is 0 Å². The molecular weight excluding hydrogens is 412 g/mol. The van der Waals surface area contributed by atoms with Crippen molar-refractivity contribution in [2.45, 2.75) is 71.5 Å². The van der Waals surface area contributed by atoms with Crippen LogP contribution in [0.4, 0.5) is 0 Å². The highest BCUT2D eigenvalue weighted by Crippen LogP contribution is 2.44. The van der Waals surface area contributed by atoms with E-state index in [2.05, 4.69) is 78.9 Å². The first-order valence-electron chi connectivity index (χ1n) is 11.7. The fraction of sp³-hybridized carbons (Fsp3) is 0.407. The molecule has 1 aliphatic carbocycles. The largest absolute Gasteiger partial charge is 0.352 e. The third kappa shape index (κ3) is 3.53. The maximum atomic E-state index is 5.93. The average molecular weight is 445 g/mol. The van der Waals surface area contributed by atoms with Crippen molar-refractivity contribution < 1.29 is 0 Å². The van der Waals surface area contributed by atoms with Gasteiger partial charge in [-0.05, 0) is 93.7 Å². The van der Waals surface area contributed by atoms with Gasteiger partial charge in [0, 0.05) is 29.3 Å². The number of nitrogens with zero attached hydrogens (tertiary/aromatic N) is 3. The second kappa shape index (κ2) is 8.36. The van der Waals surface area contributed by atoms with Gasteiger partial charge in [-0.15, -0.1) is 0 Å². The number of rotatable bonds is 4. The van der Waals surface area contributed by atoms with E-state index in [0.717, 1.165) is 10.8 Å². The summed E-state index contributed by atoms with van der Waals surface area (Å²) >= 11 is 5.93. The van der Waals surface area contributed by atoms with Gasteiger partial charge in [-0.25, -0.2) is 0 Å². The molecule has 2 fully saturated rings. The molecular formula is C27H32N4S. The molecule has 2 aromatic heterocycles. The minimum atomic E-state index is 0.0526. The molecule has 2 aliphatic rings. The van der Waals surface area contributed by atoms with Crippen molar-refractivity contribution in [2.75, 3.05) is 0 Å². The van der Waals surface area contributed by atoms with Crippen LogP contribution in [0.25, 0.3) is 5.69 Å². The summed E-state index contributed by atoms with van der Waals surface area (Å²) in [6.45, 7) is 8.83. The van der Waals surface area contributed by atoms with Crippen molar-refractivity contribution in [3.63, 3.8) is 0 Å². The van der Waals surface area contributed by atoms with E-state index in [4.69, 9.17) is 17.2 Å². The fourth-order valence-electron chi connectivity index (χ4n) is 5.69. The van der Waals surface area contributed by atoms with Crippen LogP contribution in [0.3, 0.4) is 0 Å². The van der Waals surface area contributed by atoms with Crippen molar-refractivity contribution in [3.05, 3.63) is 82.4 Å². The van der Waals surface area contributed by atoms with E-state index in [9.17, 15) is 0 Å². The zero-order chi connectivity index (χ0) is 22.4. The Balaban J connectivity index is 1.66. The summed E-state index contributed by atoms with van der Waals surface area (Å²) in [6.07, 6.45) is 6.87. The van der Waals surface area contributed by atoms with Crippen LogP contribution in [0.1, 0.15) is 71.5 Å². The molecule has 0 radical (unpaired) electrons. The van der Waals surface area contributed by atoms with E-state index >= 15 is 0 Å². The van der Waals surface area contributed by atoms with E-state index in [1.807, 2.05) is 12.3 Å². The smallest absolute Gasteiger partial charge is 0.170 e. The van der Waals surface area contributed by atoms with Gasteiger partial charge in [0.2, 0.25) is 0 Å². The number of thiocarbonyl (C=S) groups is 1. The molecule has 0 bridgehead atoms. The minimum absolute atomic E-state index is 0.0526. The summed E-state index contributed by atoms with van der Waals surface area (Å²) in [7, 11) is 0. The Morgan fingerprint density at radius 1 is 1.00 bits per heavy atom. The molecule has 5 heteroatoms. The molecule has 2 atom stereocenters. The van der Waals surface area contributed by atoms with E-state index in [-0.39, 0.29) is 12.1 Å². The Hall–Kier alpha value is -2.66. The van der Waals surface area contributed by atoms with E-state index in [0.29, 0.717) is 6.04 Å². The fourth-order valence-corrected chi connectivity index (χ4v) is 6.08. The van der Waals surface area contributed by atoms with Crippen molar-refractivity contribution in [1.82, 2.24) is 19.8 Å². The molecule has 3 heterocycles. The first kappa shape index (κ1) is 21.2. The van der Waals surface area contributed by atoms with E-state index in [1.165, 1.54) is 59.4 Å². The van der Waals surface area contributed by atoms with Crippen LogP contribution in [0.15, 0.2) is 48.7 Å². The Kier molecular flexibility index (Phi) is 5.54. The predicted octanol–water partition coefficient (Wildman–Crippen LogP) is 6.02. The highest BCUT2D eigenvalue weighted by molar-refractivity contribution is 7.80. The lowest BCUT2D eigenvalue weighted by Gasteiger charge is -2.33. The van der Waals surface area contributed by atoms with Gasteiger partial charge in [0.25, 0.3) is 0 Å². The highest BCUT2D eigenvalue weighted by atomic mass is 32.1. The van der Waals surface area contributed by atoms with Crippen molar-refractivity contribution in [3.8, 4) is 5.69 Å². The quantitative estimate of drug-likeness (QED) is 0.499. The summed E-state index contributed by atoms with van der Waals surface area (Å²) in [6, 6.07) is 15.9. The number of benzene rings is 1. The van der Waals surface area contributed by atoms with Crippen molar-refractivity contribution in [2.24, 2.45) is 0 Å². The van der Waals surface area contributed by atoms with Crippen LogP contribution in [-0.2, 0) is 0 Å². The van der Waals surface area contributed by atoms with Gasteiger partial charge in [-0.3, -0.25) is 4.98 Å². The predicted molar refractivity (Wildman–Crippen MR) is 134 cm³/mol. The second-order valence-electron chi connectivity index (χ2n) is 9.42. The Morgan fingerprint density at radius 2 is 1.78 bits per heavy atom. The van der Waals surface area contributed by atoms with Crippen LogP contribution >= 0.6 is 12.2 Å². The highest BCUT2D eigenvalue weighted by Gasteiger charge is 2.44. The molecule has 1 aliphatic heterocycles. The number of nitrogens with one attached hydrogen (secondary N) is 1. The molecule has 0 spiro atoms. The van der Waals surface area contributed by atoms with Gasteiger partial charge in [-0.2, -0.15) is 0 Å². The summed E-state index contributed by atoms with van der Waals surface area (Å²) in [5, 5.41) is 4.52. The number of hydrogen-bond acceptors (Lipinski definition) is 2. The molecule has 1 aromatic carbocycles. The average Bonchev–Trinajstić information content (AvgIpc) is 3.49. The molecule has 32 heavy (non-hydrogen) atoms. The van der Waals surface area contributed by atoms with Crippen LogP contribution in [0, 0.1) is 27.7 Å². The van der Waals surface area contributed by atoms with Crippen LogP contribution < -0.4 is 5.32 Å². The first-order chi connectivity index (χ1) is 15.5. The molecule has 5 rings (SSSR count). The number of pyridine rings is 1. The van der Waals surface area contributed by atoms with Gasteiger partial charge in [0.05, 0.1) is 17.8 Å². The van der Waals surface area contributed by atoms with Gasteiger partial charge >= 0.3 is 0 Å². The molecule has 0 unspecified atom stereocenters. The molecule has 4 nitrogen and oxygen atoms in total. The van der Waals surface area contributed by atoms with E-state index < -0.39 is 0 Å². The zero-order valence-corrected chi connectivity index (χ0v) is 20.2. The van der Waals surface area contributed by atoms with Gasteiger partial charge in [-0.1, -0.05) is 31.0 Å². The lowest BCUT2D eigenvalue weighted by atomic mass is 9.95. The maximum Gasteiger partial charge on any atom is 0.170 e. The first-order valence-corrected chi connectivity index (χ1v) is 12.1. The number of aromatic nitrogens is 2. The lowest BCUT2D eigenvalue weighted by Crippen LogP contribution is -2.37. The summed E-state index contributed by atoms with van der Waals surface area (Å²) < 4.78 is 2.42.